The monoisotopic (exact) mass is 345 g/mol. The Hall–Kier alpha value is -1.86. The van der Waals surface area contributed by atoms with Crippen LogP contribution in [0.15, 0.2) is 18.3 Å². The lowest BCUT2D eigenvalue weighted by Crippen LogP contribution is -2.49. The molecule has 1 aromatic heterocycles. The minimum Gasteiger partial charge on any atom is -0.356 e. The van der Waals surface area contributed by atoms with Gasteiger partial charge in [0.15, 0.2) is 0 Å². The van der Waals surface area contributed by atoms with Crippen LogP contribution in [-0.4, -0.2) is 36.2 Å². The molecule has 8 heteroatoms. The minimum absolute atomic E-state index is 0.0107. The Bertz CT molecular complexity index is 608. The molecule has 1 saturated heterocycles. The van der Waals surface area contributed by atoms with E-state index in [0.717, 1.165) is 18.9 Å². The van der Waals surface area contributed by atoms with E-state index in [2.05, 4.69) is 10.3 Å². The standard InChI is InChI=1S/C16H19F4N3O/c17-15(10-22-14(24)11-3-4-11)5-8-23(9-6-15)13-12(16(18,19)20)2-1-7-21-13/h1-2,7,11H,3-6,8-10H2,(H,22,24). The number of alkyl halides is 4. The molecule has 0 radical (unpaired) electrons. The Labute approximate surface area is 137 Å². The third-order valence-electron chi connectivity index (χ3n) is 4.58. The van der Waals surface area contributed by atoms with Crippen LogP contribution in [0.1, 0.15) is 31.2 Å². The van der Waals surface area contributed by atoms with Gasteiger partial charge < -0.3 is 10.2 Å². The van der Waals surface area contributed by atoms with E-state index < -0.39 is 17.4 Å². The van der Waals surface area contributed by atoms with E-state index in [9.17, 15) is 22.4 Å². The van der Waals surface area contributed by atoms with Crippen molar-refractivity contribution in [3.8, 4) is 0 Å². The number of amides is 1. The molecule has 2 aliphatic rings. The van der Waals surface area contributed by atoms with E-state index in [1.165, 1.54) is 17.2 Å². The highest BCUT2D eigenvalue weighted by molar-refractivity contribution is 5.80. The largest absolute Gasteiger partial charge is 0.419 e. The van der Waals surface area contributed by atoms with Gasteiger partial charge in [-0.15, -0.1) is 0 Å². The topological polar surface area (TPSA) is 45.2 Å². The summed E-state index contributed by atoms with van der Waals surface area (Å²) in [6, 6.07) is 2.22. The van der Waals surface area contributed by atoms with Gasteiger partial charge in [0, 0.05) is 38.0 Å². The number of aromatic nitrogens is 1. The predicted octanol–water partition coefficient (Wildman–Crippen LogP) is 2.94. The first-order valence-electron chi connectivity index (χ1n) is 8.02. The molecule has 2 fully saturated rings. The molecule has 0 spiro atoms. The predicted molar refractivity (Wildman–Crippen MR) is 80.3 cm³/mol. The normalized spacial score (nSPS) is 20.8. The van der Waals surface area contributed by atoms with Crippen LogP contribution in [0.5, 0.6) is 0 Å². The number of pyridine rings is 1. The molecule has 0 unspecified atom stereocenters. The maximum atomic E-state index is 14.8. The fourth-order valence-electron chi connectivity index (χ4n) is 2.90. The zero-order valence-corrected chi connectivity index (χ0v) is 13.1. The number of anilines is 1. The molecule has 0 atom stereocenters. The summed E-state index contributed by atoms with van der Waals surface area (Å²) in [5, 5.41) is 2.62. The summed E-state index contributed by atoms with van der Waals surface area (Å²) in [7, 11) is 0. The zero-order valence-electron chi connectivity index (χ0n) is 13.1. The lowest BCUT2D eigenvalue weighted by molar-refractivity contribution is -0.137. The SMILES string of the molecule is O=C(NCC1(F)CCN(c2ncccc2C(F)(F)F)CC1)C1CC1. The van der Waals surface area contributed by atoms with Crippen molar-refractivity contribution in [2.75, 3.05) is 24.5 Å². The molecule has 1 saturated carbocycles. The maximum Gasteiger partial charge on any atom is 0.419 e. The first-order chi connectivity index (χ1) is 11.3. The Kier molecular flexibility index (Phi) is 4.40. The highest BCUT2D eigenvalue weighted by Crippen LogP contribution is 2.37. The number of carbonyl (C=O) groups is 1. The highest BCUT2D eigenvalue weighted by atomic mass is 19.4. The van der Waals surface area contributed by atoms with E-state index in [1.807, 2.05) is 0 Å². The van der Waals surface area contributed by atoms with E-state index in [0.29, 0.717) is 0 Å². The molecule has 3 rings (SSSR count). The van der Waals surface area contributed by atoms with E-state index in [1.54, 1.807) is 0 Å². The molecule has 2 heterocycles. The minimum atomic E-state index is -4.49. The average molecular weight is 345 g/mol. The second kappa shape index (κ2) is 6.22. The molecule has 132 valence electrons. The Balaban J connectivity index is 1.61. The van der Waals surface area contributed by atoms with Gasteiger partial charge in [-0.3, -0.25) is 4.79 Å². The van der Waals surface area contributed by atoms with E-state index >= 15 is 0 Å². The number of nitrogens with one attached hydrogen (secondary N) is 1. The average Bonchev–Trinajstić information content (AvgIpc) is 3.38. The first kappa shape index (κ1) is 17.0. The van der Waals surface area contributed by atoms with Gasteiger partial charge in [0.05, 0.1) is 12.1 Å². The van der Waals surface area contributed by atoms with Gasteiger partial charge in [0.2, 0.25) is 5.91 Å². The second-order valence-corrected chi connectivity index (χ2v) is 6.50. The number of carbonyl (C=O) groups excluding carboxylic acids is 1. The third kappa shape index (κ3) is 3.79. The fraction of sp³-hybridized carbons (Fsp3) is 0.625. The smallest absolute Gasteiger partial charge is 0.356 e. The Morgan fingerprint density at radius 2 is 2.00 bits per heavy atom. The molecule has 0 aromatic carbocycles. The van der Waals surface area contributed by atoms with Crippen molar-refractivity contribution in [3.63, 3.8) is 0 Å². The summed E-state index contributed by atoms with van der Waals surface area (Å²) in [4.78, 5) is 16.9. The van der Waals surface area contributed by atoms with Crippen molar-refractivity contribution in [1.82, 2.24) is 10.3 Å². The summed E-state index contributed by atoms with van der Waals surface area (Å²) >= 11 is 0. The van der Waals surface area contributed by atoms with Crippen LogP contribution < -0.4 is 10.2 Å². The molecular formula is C16H19F4N3O. The van der Waals surface area contributed by atoms with E-state index in [-0.39, 0.29) is 50.1 Å². The molecule has 4 nitrogen and oxygen atoms in total. The first-order valence-corrected chi connectivity index (χ1v) is 8.02. The van der Waals surface area contributed by atoms with Gasteiger partial charge in [0.1, 0.15) is 11.5 Å². The molecule has 0 bridgehead atoms. The molecule has 1 aliphatic heterocycles. The summed E-state index contributed by atoms with van der Waals surface area (Å²) in [5.74, 6) is -0.274. The van der Waals surface area contributed by atoms with Gasteiger partial charge >= 0.3 is 6.18 Å². The number of piperidine rings is 1. The van der Waals surface area contributed by atoms with Crippen molar-refractivity contribution < 1.29 is 22.4 Å². The summed E-state index contributed by atoms with van der Waals surface area (Å²) in [5.41, 5.74) is -2.38. The quantitative estimate of drug-likeness (QED) is 0.854. The zero-order chi connectivity index (χ0) is 17.4. The van der Waals surface area contributed by atoms with Crippen molar-refractivity contribution in [3.05, 3.63) is 23.9 Å². The molecule has 1 N–H and O–H groups in total. The lowest BCUT2D eigenvalue weighted by atomic mass is 9.93. The van der Waals surface area contributed by atoms with E-state index in [4.69, 9.17) is 0 Å². The van der Waals surface area contributed by atoms with Crippen molar-refractivity contribution >= 4 is 11.7 Å². The fourth-order valence-corrected chi connectivity index (χ4v) is 2.90. The molecular weight excluding hydrogens is 326 g/mol. The van der Waals surface area contributed by atoms with Crippen molar-refractivity contribution in [2.24, 2.45) is 5.92 Å². The van der Waals surface area contributed by atoms with Crippen LogP contribution in [0.4, 0.5) is 23.4 Å². The van der Waals surface area contributed by atoms with Crippen LogP contribution in [0, 0.1) is 5.92 Å². The number of halogens is 4. The summed E-state index contributed by atoms with van der Waals surface area (Å²) in [6.07, 6.45) is -1.38. The molecule has 24 heavy (non-hydrogen) atoms. The third-order valence-corrected chi connectivity index (χ3v) is 4.58. The maximum absolute atomic E-state index is 14.8. The van der Waals surface area contributed by atoms with Crippen LogP contribution in [0.3, 0.4) is 0 Å². The van der Waals surface area contributed by atoms with Crippen molar-refractivity contribution in [2.45, 2.75) is 37.5 Å². The lowest BCUT2D eigenvalue weighted by Gasteiger charge is -2.37. The van der Waals surface area contributed by atoms with Crippen LogP contribution >= 0.6 is 0 Å². The summed E-state index contributed by atoms with van der Waals surface area (Å²) in [6.45, 7) is 0.191. The number of hydrogen-bond donors (Lipinski definition) is 1. The number of hydrogen-bond acceptors (Lipinski definition) is 3. The van der Waals surface area contributed by atoms with Crippen LogP contribution in [-0.2, 0) is 11.0 Å². The Morgan fingerprint density at radius 3 is 2.58 bits per heavy atom. The number of rotatable bonds is 4. The van der Waals surface area contributed by atoms with Gasteiger partial charge in [-0.25, -0.2) is 9.37 Å². The Morgan fingerprint density at radius 1 is 1.33 bits per heavy atom. The van der Waals surface area contributed by atoms with Crippen LogP contribution in [0.2, 0.25) is 0 Å². The second-order valence-electron chi connectivity index (χ2n) is 6.50. The molecule has 1 aromatic rings. The van der Waals surface area contributed by atoms with Gasteiger partial charge in [-0.2, -0.15) is 13.2 Å². The highest BCUT2D eigenvalue weighted by Gasteiger charge is 2.40. The molecule has 1 aliphatic carbocycles. The summed E-state index contributed by atoms with van der Waals surface area (Å²) < 4.78 is 53.9. The number of nitrogens with zero attached hydrogens (tertiary/aromatic N) is 2. The van der Waals surface area contributed by atoms with Crippen molar-refractivity contribution in [1.29, 1.82) is 0 Å². The van der Waals surface area contributed by atoms with Crippen LogP contribution in [0.25, 0.3) is 0 Å². The van der Waals surface area contributed by atoms with Gasteiger partial charge in [0.25, 0.3) is 0 Å². The molecule has 1 amide bonds. The van der Waals surface area contributed by atoms with Gasteiger partial charge in [-0.1, -0.05) is 0 Å². The van der Waals surface area contributed by atoms with Gasteiger partial charge in [-0.05, 0) is 25.0 Å².